The zero-order chi connectivity index (χ0) is 29.4. The number of likely N-dealkylation sites (N-methyl/N-ethyl adjacent to an activating group) is 1. The highest BCUT2D eigenvalue weighted by atomic mass is 35.5. The highest BCUT2D eigenvalue weighted by molar-refractivity contribution is 7.92. The fourth-order valence-corrected chi connectivity index (χ4v) is 5.67. The number of nitrogens with one attached hydrogen (secondary N) is 1. The molecule has 1 atom stereocenters. The van der Waals surface area contributed by atoms with Gasteiger partial charge in [0.15, 0.2) is 0 Å². The molecule has 0 bridgehead atoms. The van der Waals surface area contributed by atoms with Crippen molar-refractivity contribution < 1.29 is 27.5 Å². The average Bonchev–Trinajstić information content (AvgIpc) is 2.94. The predicted molar refractivity (Wildman–Crippen MR) is 155 cm³/mol. The number of amides is 2. The molecule has 1 N–H and O–H groups in total. The van der Waals surface area contributed by atoms with Crippen LogP contribution >= 0.6 is 11.6 Å². The number of aryl methyl sites for hydroxylation is 1. The summed E-state index contributed by atoms with van der Waals surface area (Å²) >= 11 is 6.34. The van der Waals surface area contributed by atoms with Crippen LogP contribution < -0.4 is 19.1 Å². The van der Waals surface area contributed by atoms with Crippen LogP contribution in [0.25, 0.3) is 0 Å². The van der Waals surface area contributed by atoms with E-state index in [1.54, 1.807) is 57.4 Å². The molecule has 0 saturated carbocycles. The summed E-state index contributed by atoms with van der Waals surface area (Å²) < 4.78 is 39.2. The van der Waals surface area contributed by atoms with Gasteiger partial charge < -0.3 is 19.7 Å². The molecule has 0 aliphatic rings. The normalized spacial score (nSPS) is 11.8. The first kappa shape index (κ1) is 30.8. The highest BCUT2D eigenvalue weighted by Crippen LogP contribution is 2.32. The van der Waals surface area contributed by atoms with Gasteiger partial charge in [-0.25, -0.2) is 8.42 Å². The van der Waals surface area contributed by atoms with E-state index >= 15 is 0 Å². The Morgan fingerprint density at radius 3 is 2.17 bits per heavy atom. The third-order valence-electron chi connectivity index (χ3n) is 6.34. The average molecular weight is 588 g/mol. The molecule has 2 amide bonds. The fourth-order valence-electron chi connectivity index (χ4n) is 4.01. The lowest BCUT2D eigenvalue weighted by atomic mass is 10.1. The monoisotopic (exact) mass is 587 g/mol. The molecule has 0 aliphatic carbocycles. The Hall–Kier alpha value is -3.76. The molecule has 0 heterocycles. The van der Waals surface area contributed by atoms with Gasteiger partial charge in [0.1, 0.15) is 24.1 Å². The Labute approximate surface area is 240 Å². The van der Waals surface area contributed by atoms with Gasteiger partial charge in [-0.15, -0.1) is 0 Å². The summed E-state index contributed by atoms with van der Waals surface area (Å²) in [6.45, 7) is 5.12. The number of halogens is 1. The number of carbonyl (C=O) groups excluding carboxylic acids is 2. The summed E-state index contributed by atoms with van der Waals surface area (Å²) in [7, 11) is -1.20. The summed E-state index contributed by atoms with van der Waals surface area (Å²) in [6.07, 6.45) is 0. The third kappa shape index (κ3) is 7.25. The number of methoxy groups -OCH3 is 2. The van der Waals surface area contributed by atoms with E-state index in [9.17, 15) is 18.0 Å². The predicted octanol–water partition coefficient (Wildman–Crippen LogP) is 4.41. The molecule has 0 saturated heterocycles. The van der Waals surface area contributed by atoms with Gasteiger partial charge in [0, 0.05) is 13.1 Å². The standard InChI is InChI=1S/C29H34ClN3O6S/c1-6-31-29(35)21(3)32(18-22-9-12-24(38-4)13-10-22)28(34)19-33(23-11-16-27(39-5)26(30)17-23)40(36,37)25-14-7-20(2)8-15-25/h7-17,21H,6,18-19H2,1-5H3,(H,31,35)/t21-/m0/s1. The van der Waals surface area contributed by atoms with Crippen LogP contribution in [-0.2, 0) is 26.2 Å². The van der Waals surface area contributed by atoms with E-state index in [-0.39, 0.29) is 28.1 Å². The van der Waals surface area contributed by atoms with E-state index in [1.807, 2.05) is 6.92 Å². The quantitative estimate of drug-likeness (QED) is 0.336. The van der Waals surface area contributed by atoms with Gasteiger partial charge in [0.05, 0.1) is 29.8 Å². The summed E-state index contributed by atoms with van der Waals surface area (Å²) in [4.78, 5) is 28.1. The lowest BCUT2D eigenvalue weighted by molar-refractivity contribution is -0.139. The smallest absolute Gasteiger partial charge is 0.264 e. The van der Waals surface area contributed by atoms with Crippen LogP contribution in [-0.4, -0.2) is 58.5 Å². The topological polar surface area (TPSA) is 105 Å². The zero-order valence-electron chi connectivity index (χ0n) is 23.2. The van der Waals surface area contributed by atoms with Gasteiger partial charge in [0.25, 0.3) is 10.0 Å². The molecule has 0 aliphatic heterocycles. The molecule has 9 nitrogen and oxygen atoms in total. The van der Waals surface area contributed by atoms with E-state index in [4.69, 9.17) is 21.1 Å². The molecule has 40 heavy (non-hydrogen) atoms. The van der Waals surface area contributed by atoms with Crippen molar-refractivity contribution >= 4 is 39.1 Å². The van der Waals surface area contributed by atoms with E-state index in [2.05, 4.69) is 5.32 Å². The first-order valence-electron chi connectivity index (χ1n) is 12.6. The maximum absolute atomic E-state index is 13.9. The first-order chi connectivity index (χ1) is 19.0. The maximum atomic E-state index is 13.9. The summed E-state index contributed by atoms with van der Waals surface area (Å²) in [5.41, 5.74) is 1.80. The lowest BCUT2D eigenvalue weighted by Crippen LogP contribution is -2.51. The summed E-state index contributed by atoms with van der Waals surface area (Å²) in [5.74, 6) is 0.0718. The van der Waals surface area contributed by atoms with E-state index in [1.165, 1.54) is 42.3 Å². The molecule has 3 aromatic carbocycles. The van der Waals surface area contributed by atoms with Crippen molar-refractivity contribution in [3.63, 3.8) is 0 Å². The third-order valence-corrected chi connectivity index (χ3v) is 8.42. The Bertz CT molecular complexity index is 1430. The molecule has 0 fully saturated rings. The van der Waals surface area contributed by atoms with Gasteiger partial charge in [0.2, 0.25) is 11.8 Å². The zero-order valence-corrected chi connectivity index (χ0v) is 24.8. The molecule has 214 valence electrons. The van der Waals surface area contributed by atoms with Gasteiger partial charge in [-0.3, -0.25) is 13.9 Å². The number of nitrogens with zero attached hydrogens (tertiary/aromatic N) is 2. The number of sulfonamides is 1. The summed E-state index contributed by atoms with van der Waals surface area (Å²) in [6, 6.07) is 17.0. The van der Waals surface area contributed by atoms with Crippen LogP contribution in [0.2, 0.25) is 5.02 Å². The van der Waals surface area contributed by atoms with E-state index < -0.39 is 28.5 Å². The molecule has 0 spiro atoms. The maximum Gasteiger partial charge on any atom is 0.264 e. The molecule has 3 rings (SSSR count). The van der Waals surface area contributed by atoms with Gasteiger partial charge in [-0.2, -0.15) is 0 Å². The number of hydrogen-bond acceptors (Lipinski definition) is 6. The molecule has 11 heteroatoms. The minimum absolute atomic E-state index is 0.0105. The number of hydrogen-bond donors (Lipinski definition) is 1. The number of rotatable bonds is 12. The molecule has 3 aromatic rings. The number of anilines is 1. The second-order valence-electron chi connectivity index (χ2n) is 9.08. The van der Waals surface area contributed by atoms with E-state index in [0.29, 0.717) is 18.0 Å². The van der Waals surface area contributed by atoms with Crippen molar-refractivity contribution in [1.29, 1.82) is 0 Å². The van der Waals surface area contributed by atoms with Crippen LogP contribution in [0.3, 0.4) is 0 Å². The largest absolute Gasteiger partial charge is 0.497 e. The molecule has 0 unspecified atom stereocenters. The first-order valence-corrected chi connectivity index (χ1v) is 14.5. The summed E-state index contributed by atoms with van der Waals surface area (Å²) in [5, 5.41) is 2.92. The van der Waals surface area contributed by atoms with Crippen molar-refractivity contribution in [3.05, 3.63) is 82.9 Å². The molecule has 0 radical (unpaired) electrons. The minimum atomic E-state index is -4.20. The Morgan fingerprint density at radius 1 is 0.975 bits per heavy atom. The second-order valence-corrected chi connectivity index (χ2v) is 11.4. The Balaban J connectivity index is 2.05. The van der Waals surface area contributed by atoms with Crippen molar-refractivity contribution in [1.82, 2.24) is 10.2 Å². The number of carbonyl (C=O) groups is 2. The van der Waals surface area contributed by atoms with E-state index in [0.717, 1.165) is 15.4 Å². The van der Waals surface area contributed by atoms with Crippen LogP contribution in [0.5, 0.6) is 11.5 Å². The van der Waals surface area contributed by atoms with Crippen molar-refractivity contribution in [2.24, 2.45) is 0 Å². The van der Waals surface area contributed by atoms with Crippen LogP contribution in [0, 0.1) is 6.92 Å². The van der Waals surface area contributed by atoms with Crippen molar-refractivity contribution in [3.8, 4) is 11.5 Å². The Kier molecular flexibility index (Phi) is 10.4. The molecular weight excluding hydrogens is 554 g/mol. The van der Waals surface area contributed by atoms with Crippen molar-refractivity contribution in [2.45, 2.75) is 38.3 Å². The molecule has 0 aromatic heterocycles. The number of benzene rings is 3. The van der Waals surface area contributed by atoms with Gasteiger partial charge in [-0.05, 0) is 68.8 Å². The highest BCUT2D eigenvalue weighted by Gasteiger charge is 2.32. The Morgan fingerprint density at radius 2 is 1.62 bits per heavy atom. The minimum Gasteiger partial charge on any atom is -0.497 e. The molecular formula is C29H34ClN3O6S. The SMILES string of the molecule is CCNC(=O)[C@H](C)N(Cc1ccc(OC)cc1)C(=O)CN(c1ccc(OC)c(Cl)c1)S(=O)(=O)c1ccc(C)cc1. The van der Waals surface area contributed by atoms with Crippen LogP contribution in [0.15, 0.2) is 71.6 Å². The van der Waals surface area contributed by atoms with Crippen molar-refractivity contribution in [2.75, 3.05) is 31.6 Å². The fraction of sp³-hybridized carbons (Fsp3) is 0.310. The van der Waals surface area contributed by atoms with Crippen LogP contribution in [0.1, 0.15) is 25.0 Å². The van der Waals surface area contributed by atoms with Gasteiger partial charge >= 0.3 is 0 Å². The lowest BCUT2D eigenvalue weighted by Gasteiger charge is -2.32. The second kappa shape index (κ2) is 13.5. The van der Waals surface area contributed by atoms with Gasteiger partial charge in [-0.1, -0.05) is 41.4 Å². The van der Waals surface area contributed by atoms with Crippen LogP contribution in [0.4, 0.5) is 5.69 Å². The number of ether oxygens (including phenoxy) is 2.